The molecule has 5 rings (SSSR count). The average Bonchev–Trinajstić information content (AvgIpc) is 2.99. The van der Waals surface area contributed by atoms with Crippen LogP contribution in [0.3, 0.4) is 0 Å². The number of carbonyl (C=O) groups is 1. The quantitative estimate of drug-likeness (QED) is 0.458. The number of anilines is 1. The van der Waals surface area contributed by atoms with Crippen LogP contribution in [0.4, 0.5) is 5.95 Å². The van der Waals surface area contributed by atoms with Crippen molar-refractivity contribution in [1.82, 2.24) is 20.2 Å². The molecule has 0 bridgehead atoms. The van der Waals surface area contributed by atoms with Crippen molar-refractivity contribution in [3.8, 4) is 11.8 Å². The highest BCUT2D eigenvalue weighted by Crippen LogP contribution is 2.55. The molecular formula is C32H43ClN6O4. The summed E-state index contributed by atoms with van der Waals surface area (Å²) < 4.78 is 12.2. The predicted octanol–water partition coefficient (Wildman–Crippen LogP) is 3.91. The lowest BCUT2D eigenvalue weighted by molar-refractivity contribution is -0.164. The molecule has 3 heterocycles. The van der Waals surface area contributed by atoms with Crippen molar-refractivity contribution in [1.29, 1.82) is 5.26 Å². The van der Waals surface area contributed by atoms with Gasteiger partial charge < -0.3 is 29.7 Å². The van der Waals surface area contributed by atoms with Crippen molar-refractivity contribution in [2.45, 2.75) is 71.3 Å². The summed E-state index contributed by atoms with van der Waals surface area (Å²) in [6, 6.07) is 6.97. The van der Waals surface area contributed by atoms with Gasteiger partial charge in [0.05, 0.1) is 28.4 Å². The topological polar surface area (TPSA) is 124 Å². The second kappa shape index (κ2) is 12.6. The van der Waals surface area contributed by atoms with Crippen LogP contribution in [0.5, 0.6) is 5.75 Å². The van der Waals surface area contributed by atoms with Crippen LogP contribution >= 0.6 is 11.6 Å². The number of aliphatic hydroxyl groups is 1. The van der Waals surface area contributed by atoms with Crippen LogP contribution in [0.1, 0.15) is 62.9 Å². The number of amides is 1. The van der Waals surface area contributed by atoms with Crippen molar-refractivity contribution in [3.05, 3.63) is 46.7 Å². The monoisotopic (exact) mass is 610 g/mol. The molecule has 2 atom stereocenters. The summed E-state index contributed by atoms with van der Waals surface area (Å²) >= 11 is 6.21. The molecule has 2 N–H and O–H groups in total. The molecule has 1 aliphatic carbocycles. The second-order valence-corrected chi connectivity index (χ2v) is 13.8. The first-order valence-corrected chi connectivity index (χ1v) is 15.5. The molecule has 0 radical (unpaired) electrons. The van der Waals surface area contributed by atoms with Crippen LogP contribution in [0, 0.1) is 28.1 Å². The molecule has 43 heavy (non-hydrogen) atoms. The van der Waals surface area contributed by atoms with E-state index in [4.69, 9.17) is 26.3 Å². The molecule has 3 aliphatic rings. The smallest absolute Gasteiger partial charge is 0.254 e. The predicted molar refractivity (Wildman–Crippen MR) is 164 cm³/mol. The molecule has 0 unspecified atom stereocenters. The molecule has 10 nitrogen and oxygen atoms in total. The average molecular weight is 611 g/mol. The zero-order valence-electron chi connectivity index (χ0n) is 25.7. The lowest BCUT2D eigenvalue weighted by Gasteiger charge is -2.63. The summed E-state index contributed by atoms with van der Waals surface area (Å²) in [6.07, 6.45) is 5.52. The van der Waals surface area contributed by atoms with E-state index in [2.05, 4.69) is 58.8 Å². The van der Waals surface area contributed by atoms with Crippen LogP contribution in [0.2, 0.25) is 5.02 Å². The lowest BCUT2D eigenvalue weighted by atomic mass is 9.49. The summed E-state index contributed by atoms with van der Waals surface area (Å²) in [5, 5.41) is 22.5. The van der Waals surface area contributed by atoms with Crippen molar-refractivity contribution in [2.75, 3.05) is 44.7 Å². The highest BCUT2D eigenvalue weighted by atomic mass is 35.5. The van der Waals surface area contributed by atoms with E-state index in [-0.39, 0.29) is 41.1 Å². The largest absolute Gasteiger partial charge is 0.489 e. The summed E-state index contributed by atoms with van der Waals surface area (Å²) in [4.78, 5) is 27.0. The Morgan fingerprint density at radius 3 is 2.42 bits per heavy atom. The number of nitriles is 1. The molecule has 2 aromatic rings. The van der Waals surface area contributed by atoms with Crippen LogP contribution in [0.25, 0.3) is 0 Å². The van der Waals surface area contributed by atoms with Gasteiger partial charge in [0.15, 0.2) is 0 Å². The van der Waals surface area contributed by atoms with E-state index in [0.29, 0.717) is 40.3 Å². The number of halogens is 1. The zero-order valence-corrected chi connectivity index (χ0v) is 26.5. The van der Waals surface area contributed by atoms with E-state index >= 15 is 0 Å². The van der Waals surface area contributed by atoms with Gasteiger partial charge in [0.2, 0.25) is 5.95 Å². The number of methoxy groups -OCH3 is 1. The number of benzene rings is 1. The minimum Gasteiger partial charge on any atom is -0.489 e. The molecule has 0 spiro atoms. The Labute approximate surface area is 259 Å². The minimum atomic E-state index is -0.367. The number of nitrogens with one attached hydrogen (secondary N) is 1. The van der Waals surface area contributed by atoms with Gasteiger partial charge in [-0.15, -0.1) is 0 Å². The molecule has 3 fully saturated rings. The van der Waals surface area contributed by atoms with Crippen LogP contribution in [0.15, 0.2) is 30.6 Å². The summed E-state index contributed by atoms with van der Waals surface area (Å²) in [5.41, 5.74) is 0.0726. The first-order valence-electron chi connectivity index (χ1n) is 15.1. The van der Waals surface area contributed by atoms with Gasteiger partial charge in [-0.25, -0.2) is 9.97 Å². The van der Waals surface area contributed by atoms with E-state index in [1.165, 1.54) is 0 Å². The Kier molecular flexibility index (Phi) is 9.19. The first-order chi connectivity index (χ1) is 20.4. The number of carbonyl (C=O) groups excluding carboxylic acids is 1. The number of aromatic nitrogens is 2. The van der Waals surface area contributed by atoms with E-state index in [1.807, 2.05) is 0 Å². The number of rotatable bonds is 8. The molecule has 2 saturated heterocycles. The van der Waals surface area contributed by atoms with E-state index in [9.17, 15) is 9.90 Å². The number of hydrogen-bond donors (Lipinski definition) is 2. The Balaban J connectivity index is 1.17. The van der Waals surface area contributed by atoms with Gasteiger partial charge in [-0.3, -0.25) is 4.79 Å². The molecule has 232 valence electrons. The van der Waals surface area contributed by atoms with Crippen molar-refractivity contribution >= 4 is 23.5 Å². The third-order valence-electron chi connectivity index (χ3n) is 9.66. The first kappa shape index (κ1) is 31.5. The van der Waals surface area contributed by atoms with Crippen molar-refractivity contribution in [3.63, 3.8) is 0 Å². The lowest BCUT2D eigenvalue weighted by Crippen LogP contribution is -2.74. The fourth-order valence-electron chi connectivity index (χ4n) is 7.47. The molecule has 1 saturated carbocycles. The number of nitrogens with zero attached hydrogens (tertiary/aromatic N) is 5. The van der Waals surface area contributed by atoms with Gasteiger partial charge in [0, 0.05) is 81.1 Å². The fourth-order valence-corrected chi connectivity index (χ4v) is 7.68. The third kappa shape index (κ3) is 6.46. The number of aliphatic hydroxyl groups excluding tert-OH is 1. The SMILES string of the molecule is CO[C@@H]1CN(c2ncc(C(=O)NC3C(C)(C)C(Oc4ccc(C#N)c(Cl)c4)C3(C)C)cn2)CC[C@@H]1CN1CCC(O)CC1. The molecular weight excluding hydrogens is 568 g/mol. The molecule has 1 aromatic heterocycles. The summed E-state index contributed by atoms with van der Waals surface area (Å²) in [7, 11) is 1.76. The Hall–Kier alpha value is -2.97. The van der Waals surface area contributed by atoms with Gasteiger partial charge in [-0.05, 0) is 31.4 Å². The maximum atomic E-state index is 13.3. The number of piperidine rings is 2. The van der Waals surface area contributed by atoms with Crippen molar-refractivity contribution in [2.24, 2.45) is 16.7 Å². The molecule has 1 amide bonds. The standard InChI is InChI=1S/C32H43ClN6O4/c1-31(2)28(32(3,4)29(31)43-24-7-6-20(15-34)25(33)14-24)37-27(41)22-16-35-30(36-17-22)39-13-8-21(26(19-39)42-5)18-38-11-9-23(40)10-12-38/h6-7,14,16-17,21,23,26,28-29,40H,8-13,18-19H2,1-5H3,(H,37,41)/t21-,26-,28?,29?/m1/s1. The molecule has 1 aromatic carbocycles. The van der Waals surface area contributed by atoms with Crippen LogP contribution in [-0.2, 0) is 4.74 Å². The second-order valence-electron chi connectivity index (χ2n) is 13.4. The van der Waals surface area contributed by atoms with Crippen LogP contribution < -0.4 is 15.0 Å². The summed E-state index contributed by atoms with van der Waals surface area (Å²) in [5.74, 6) is 1.38. The Morgan fingerprint density at radius 1 is 1.14 bits per heavy atom. The maximum absolute atomic E-state index is 13.3. The van der Waals surface area contributed by atoms with E-state index in [0.717, 1.165) is 45.4 Å². The van der Waals surface area contributed by atoms with Gasteiger partial charge in [-0.2, -0.15) is 5.26 Å². The summed E-state index contributed by atoms with van der Waals surface area (Å²) in [6.45, 7) is 12.6. The normalized spacial score (nSPS) is 27.2. The van der Waals surface area contributed by atoms with Gasteiger partial charge in [0.1, 0.15) is 17.9 Å². The van der Waals surface area contributed by atoms with Crippen LogP contribution in [-0.4, -0.2) is 90.1 Å². The van der Waals surface area contributed by atoms with Gasteiger partial charge in [-0.1, -0.05) is 39.3 Å². The van der Waals surface area contributed by atoms with E-state index < -0.39 is 0 Å². The van der Waals surface area contributed by atoms with Gasteiger partial charge in [0.25, 0.3) is 5.91 Å². The maximum Gasteiger partial charge on any atom is 0.254 e. The Bertz CT molecular complexity index is 1320. The van der Waals surface area contributed by atoms with Gasteiger partial charge >= 0.3 is 0 Å². The van der Waals surface area contributed by atoms with E-state index in [1.54, 1.807) is 37.7 Å². The molecule has 2 aliphatic heterocycles. The van der Waals surface area contributed by atoms with Crippen molar-refractivity contribution < 1.29 is 19.4 Å². The highest BCUT2D eigenvalue weighted by Gasteiger charge is 2.64. The Morgan fingerprint density at radius 2 is 1.81 bits per heavy atom. The minimum absolute atomic E-state index is 0.0609. The zero-order chi connectivity index (χ0) is 30.9. The number of ether oxygens (including phenoxy) is 2. The number of hydrogen-bond acceptors (Lipinski definition) is 9. The molecule has 11 heteroatoms. The third-order valence-corrected chi connectivity index (χ3v) is 9.97. The fraction of sp³-hybridized carbons (Fsp3) is 0.625. The number of likely N-dealkylation sites (tertiary alicyclic amines) is 1. The highest BCUT2D eigenvalue weighted by molar-refractivity contribution is 6.31.